The monoisotopic (exact) mass is 288 g/mol. The zero-order valence-electron chi connectivity index (χ0n) is 11.7. The second-order valence-corrected chi connectivity index (χ2v) is 5.26. The van der Waals surface area contributed by atoms with Crippen molar-refractivity contribution < 1.29 is 14.4 Å². The number of nitrogens with one attached hydrogen (secondary N) is 1. The van der Waals surface area contributed by atoms with Crippen molar-refractivity contribution in [3.8, 4) is 0 Å². The SMILES string of the molecule is Cc1ccncc1C(=O)N1CCN2C(=O)CNC(=O)C2C1. The van der Waals surface area contributed by atoms with E-state index in [9.17, 15) is 14.4 Å². The van der Waals surface area contributed by atoms with Crippen LogP contribution in [-0.4, -0.2) is 64.7 Å². The lowest BCUT2D eigenvalue weighted by molar-refractivity contribution is -0.148. The Morgan fingerprint density at radius 3 is 2.95 bits per heavy atom. The van der Waals surface area contributed by atoms with E-state index in [1.165, 1.54) is 6.20 Å². The Labute approximate surface area is 121 Å². The van der Waals surface area contributed by atoms with Crippen molar-refractivity contribution in [1.82, 2.24) is 20.1 Å². The normalized spacial score (nSPS) is 21.9. The van der Waals surface area contributed by atoms with Crippen LogP contribution in [0.2, 0.25) is 0 Å². The molecule has 0 aliphatic carbocycles. The predicted molar refractivity (Wildman–Crippen MR) is 73.4 cm³/mol. The summed E-state index contributed by atoms with van der Waals surface area (Å²) in [5, 5.41) is 2.56. The van der Waals surface area contributed by atoms with Gasteiger partial charge in [0, 0.05) is 25.5 Å². The van der Waals surface area contributed by atoms with Crippen LogP contribution in [-0.2, 0) is 9.59 Å². The fraction of sp³-hybridized carbons (Fsp3) is 0.429. The summed E-state index contributed by atoms with van der Waals surface area (Å²) in [5.41, 5.74) is 1.38. The molecule has 0 spiro atoms. The van der Waals surface area contributed by atoms with Crippen molar-refractivity contribution in [1.29, 1.82) is 0 Å². The number of aromatic nitrogens is 1. The highest BCUT2D eigenvalue weighted by atomic mass is 16.2. The average Bonchev–Trinajstić information content (AvgIpc) is 2.50. The highest BCUT2D eigenvalue weighted by Gasteiger charge is 2.40. The topological polar surface area (TPSA) is 82.6 Å². The molecule has 1 N–H and O–H groups in total. The first-order valence-electron chi connectivity index (χ1n) is 6.85. The van der Waals surface area contributed by atoms with Gasteiger partial charge in [-0.2, -0.15) is 0 Å². The lowest BCUT2D eigenvalue weighted by Gasteiger charge is -2.42. The minimum absolute atomic E-state index is 0.0466. The van der Waals surface area contributed by atoms with Crippen LogP contribution in [0.4, 0.5) is 0 Å². The molecule has 1 aromatic heterocycles. The van der Waals surface area contributed by atoms with Gasteiger partial charge < -0.3 is 15.1 Å². The maximum Gasteiger partial charge on any atom is 0.255 e. The predicted octanol–water partition coefficient (Wildman–Crippen LogP) is -0.827. The second kappa shape index (κ2) is 5.16. The number of carbonyl (C=O) groups excluding carboxylic acids is 3. The Morgan fingerprint density at radius 2 is 2.19 bits per heavy atom. The van der Waals surface area contributed by atoms with E-state index in [2.05, 4.69) is 10.3 Å². The van der Waals surface area contributed by atoms with Gasteiger partial charge in [0.2, 0.25) is 11.8 Å². The number of hydrogen-bond donors (Lipinski definition) is 1. The summed E-state index contributed by atoms with van der Waals surface area (Å²) in [7, 11) is 0. The van der Waals surface area contributed by atoms with E-state index in [0.29, 0.717) is 18.7 Å². The fourth-order valence-electron chi connectivity index (χ4n) is 2.73. The Kier molecular flexibility index (Phi) is 3.32. The molecule has 3 heterocycles. The molecule has 7 heteroatoms. The molecule has 3 rings (SSSR count). The molecule has 1 unspecified atom stereocenters. The Hall–Kier alpha value is -2.44. The van der Waals surface area contributed by atoms with E-state index in [4.69, 9.17) is 0 Å². The minimum Gasteiger partial charge on any atom is -0.345 e. The summed E-state index contributed by atoms with van der Waals surface area (Å²) in [4.78, 5) is 43.3. The lowest BCUT2D eigenvalue weighted by atomic mass is 10.1. The van der Waals surface area contributed by atoms with Gasteiger partial charge in [-0.05, 0) is 18.6 Å². The quantitative estimate of drug-likeness (QED) is 0.731. The largest absolute Gasteiger partial charge is 0.345 e. The number of rotatable bonds is 1. The van der Waals surface area contributed by atoms with E-state index in [1.807, 2.05) is 6.92 Å². The van der Waals surface area contributed by atoms with Crippen molar-refractivity contribution in [3.63, 3.8) is 0 Å². The number of nitrogens with zero attached hydrogens (tertiary/aromatic N) is 3. The van der Waals surface area contributed by atoms with Gasteiger partial charge in [-0.1, -0.05) is 0 Å². The van der Waals surface area contributed by atoms with Crippen LogP contribution in [0.3, 0.4) is 0 Å². The van der Waals surface area contributed by atoms with Gasteiger partial charge in [0.15, 0.2) is 0 Å². The molecule has 3 amide bonds. The van der Waals surface area contributed by atoms with Gasteiger partial charge in [-0.15, -0.1) is 0 Å². The third kappa shape index (κ3) is 2.35. The highest BCUT2D eigenvalue weighted by Crippen LogP contribution is 2.17. The molecule has 1 atom stereocenters. The molecule has 2 aliphatic rings. The Balaban J connectivity index is 1.80. The van der Waals surface area contributed by atoms with E-state index in [1.54, 1.807) is 22.1 Å². The van der Waals surface area contributed by atoms with E-state index in [0.717, 1.165) is 5.56 Å². The van der Waals surface area contributed by atoms with E-state index >= 15 is 0 Å². The van der Waals surface area contributed by atoms with Gasteiger partial charge in [0.25, 0.3) is 5.91 Å². The maximum atomic E-state index is 12.5. The zero-order valence-corrected chi connectivity index (χ0v) is 11.7. The van der Waals surface area contributed by atoms with Crippen molar-refractivity contribution >= 4 is 17.7 Å². The first-order chi connectivity index (χ1) is 10.1. The maximum absolute atomic E-state index is 12.5. The van der Waals surface area contributed by atoms with Gasteiger partial charge in [-0.3, -0.25) is 19.4 Å². The molecular weight excluding hydrogens is 272 g/mol. The molecule has 0 bridgehead atoms. The van der Waals surface area contributed by atoms with Crippen LogP contribution in [0.25, 0.3) is 0 Å². The Morgan fingerprint density at radius 1 is 1.38 bits per heavy atom. The summed E-state index contributed by atoms with van der Waals surface area (Å²) < 4.78 is 0. The van der Waals surface area contributed by atoms with E-state index in [-0.39, 0.29) is 30.8 Å². The summed E-state index contributed by atoms with van der Waals surface area (Å²) in [6.45, 7) is 2.95. The summed E-state index contributed by atoms with van der Waals surface area (Å²) in [5.74, 6) is -0.440. The zero-order chi connectivity index (χ0) is 15.0. The number of piperazine rings is 2. The molecule has 2 fully saturated rings. The molecule has 7 nitrogen and oxygen atoms in total. The van der Waals surface area contributed by atoms with Crippen LogP contribution >= 0.6 is 0 Å². The smallest absolute Gasteiger partial charge is 0.255 e. The minimum atomic E-state index is -0.582. The molecule has 110 valence electrons. The summed E-state index contributed by atoms with van der Waals surface area (Å²) >= 11 is 0. The van der Waals surface area contributed by atoms with Crippen molar-refractivity contribution in [3.05, 3.63) is 29.6 Å². The average molecular weight is 288 g/mol. The highest BCUT2D eigenvalue weighted by molar-refractivity contribution is 5.98. The molecule has 2 aliphatic heterocycles. The van der Waals surface area contributed by atoms with Crippen LogP contribution in [0, 0.1) is 6.92 Å². The number of aryl methyl sites for hydroxylation is 1. The first-order valence-corrected chi connectivity index (χ1v) is 6.85. The number of carbonyl (C=O) groups is 3. The molecule has 2 saturated heterocycles. The number of amides is 3. The summed E-state index contributed by atoms with van der Waals surface area (Å²) in [6.07, 6.45) is 3.17. The first kappa shape index (κ1) is 13.5. The van der Waals surface area contributed by atoms with Crippen molar-refractivity contribution in [2.24, 2.45) is 0 Å². The molecule has 0 saturated carbocycles. The van der Waals surface area contributed by atoms with Crippen LogP contribution in [0.15, 0.2) is 18.5 Å². The van der Waals surface area contributed by atoms with Gasteiger partial charge in [0.05, 0.1) is 18.7 Å². The number of fused-ring (bicyclic) bond motifs is 1. The van der Waals surface area contributed by atoms with Gasteiger partial charge in [-0.25, -0.2) is 0 Å². The molecule has 21 heavy (non-hydrogen) atoms. The summed E-state index contributed by atoms with van der Waals surface area (Å²) in [6, 6.07) is 1.20. The van der Waals surface area contributed by atoms with Crippen molar-refractivity contribution in [2.75, 3.05) is 26.2 Å². The third-order valence-corrected chi connectivity index (χ3v) is 3.97. The molecule has 0 radical (unpaired) electrons. The number of pyridine rings is 1. The second-order valence-electron chi connectivity index (χ2n) is 5.26. The van der Waals surface area contributed by atoms with Crippen molar-refractivity contribution in [2.45, 2.75) is 13.0 Å². The molecular formula is C14H16N4O3. The standard InChI is InChI=1S/C14H16N4O3/c1-9-2-3-15-6-10(9)14(21)17-4-5-18-11(8-17)13(20)16-7-12(18)19/h2-3,6,11H,4-5,7-8H2,1H3,(H,16,20). The molecule has 0 aromatic carbocycles. The van der Waals surface area contributed by atoms with Crippen LogP contribution < -0.4 is 5.32 Å². The number of hydrogen-bond acceptors (Lipinski definition) is 4. The molecule has 1 aromatic rings. The fourth-order valence-corrected chi connectivity index (χ4v) is 2.73. The lowest BCUT2D eigenvalue weighted by Crippen LogP contribution is -2.66. The van der Waals surface area contributed by atoms with E-state index < -0.39 is 6.04 Å². The van der Waals surface area contributed by atoms with Gasteiger partial charge >= 0.3 is 0 Å². The Bertz CT molecular complexity index is 616. The third-order valence-electron chi connectivity index (χ3n) is 3.97. The van der Waals surface area contributed by atoms with Crippen LogP contribution in [0.5, 0.6) is 0 Å². The van der Waals surface area contributed by atoms with Crippen LogP contribution in [0.1, 0.15) is 15.9 Å². The van der Waals surface area contributed by atoms with Gasteiger partial charge in [0.1, 0.15) is 6.04 Å².